The van der Waals surface area contributed by atoms with Crippen molar-refractivity contribution in [1.82, 2.24) is 5.32 Å². The van der Waals surface area contributed by atoms with E-state index >= 15 is 0 Å². The lowest BCUT2D eigenvalue weighted by Gasteiger charge is -2.25. The number of nitro groups is 1. The van der Waals surface area contributed by atoms with Crippen LogP contribution in [0.3, 0.4) is 0 Å². The summed E-state index contributed by atoms with van der Waals surface area (Å²) in [6.07, 6.45) is 0. The minimum Gasteiger partial charge on any atom is -0.336 e. The summed E-state index contributed by atoms with van der Waals surface area (Å²) in [6, 6.07) is 14.3. The molecule has 0 bridgehead atoms. The Kier molecular flexibility index (Phi) is 6.34. The monoisotopic (exact) mass is 404 g/mol. The van der Waals surface area contributed by atoms with E-state index < -0.39 is 20.0 Å². The van der Waals surface area contributed by atoms with Crippen LogP contribution in [0.25, 0.3) is 0 Å². The van der Waals surface area contributed by atoms with Crippen molar-refractivity contribution in [2.24, 2.45) is 0 Å². The van der Waals surface area contributed by atoms with Crippen LogP contribution in [-0.4, -0.2) is 20.0 Å². The van der Waals surface area contributed by atoms with E-state index in [9.17, 15) is 14.9 Å². The molecule has 2 aromatic rings. The number of nitrogens with one attached hydrogen (secondary N) is 1. The fraction of sp³-hybridized carbons (Fsp3) is 0.133. The fourth-order valence-electron chi connectivity index (χ4n) is 1.75. The second kappa shape index (κ2) is 8.07. The van der Waals surface area contributed by atoms with Gasteiger partial charge in [-0.1, -0.05) is 64.8 Å². The highest BCUT2D eigenvalue weighted by molar-refractivity contribution is 8.00. The minimum absolute atomic E-state index is 0.108. The number of carbonyl (C=O) groups is 1. The predicted molar refractivity (Wildman–Crippen MR) is 96.9 cm³/mol. The number of halogens is 3. The van der Waals surface area contributed by atoms with Gasteiger partial charge in [0.05, 0.1) is 4.92 Å². The van der Waals surface area contributed by atoms with Crippen molar-refractivity contribution in [2.45, 2.75) is 14.1 Å². The predicted octanol–water partition coefficient (Wildman–Crippen LogP) is 4.81. The van der Waals surface area contributed by atoms with Crippen molar-refractivity contribution in [1.29, 1.82) is 0 Å². The highest BCUT2D eigenvalue weighted by Gasteiger charge is 2.35. The first-order valence-electron chi connectivity index (χ1n) is 6.61. The van der Waals surface area contributed by atoms with E-state index in [2.05, 4.69) is 5.32 Å². The maximum atomic E-state index is 12.3. The molecule has 1 N–H and O–H groups in total. The van der Waals surface area contributed by atoms with Gasteiger partial charge in [0.1, 0.15) is 5.37 Å². The molecule has 126 valence electrons. The van der Waals surface area contributed by atoms with Gasteiger partial charge in [-0.25, -0.2) is 0 Å². The van der Waals surface area contributed by atoms with E-state index in [0.717, 1.165) is 4.90 Å². The molecule has 1 unspecified atom stereocenters. The number of nitro benzene ring substituents is 1. The average Bonchev–Trinajstić information content (AvgIpc) is 2.54. The van der Waals surface area contributed by atoms with Gasteiger partial charge in [-0.15, -0.1) is 0 Å². The lowest BCUT2D eigenvalue weighted by atomic mass is 10.2. The van der Waals surface area contributed by atoms with Gasteiger partial charge >= 0.3 is 0 Å². The Balaban J connectivity index is 2.14. The highest BCUT2D eigenvalue weighted by Crippen LogP contribution is 2.39. The number of hydrogen-bond donors (Lipinski definition) is 1. The van der Waals surface area contributed by atoms with Crippen LogP contribution < -0.4 is 5.32 Å². The molecule has 0 aromatic heterocycles. The molecular weight excluding hydrogens is 395 g/mol. The van der Waals surface area contributed by atoms with Gasteiger partial charge in [-0.3, -0.25) is 14.9 Å². The summed E-state index contributed by atoms with van der Waals surface area (Å²) in [4.78, 5) is 23.2. The summed E-state index contributed by atoms with van der Waals surface area (Å²) >= 11 is 19.1. The lowest BCUT2D eigenvalue weighted by Crippen LogP contribution is -2.41. The van der Waals surface area contributed by atoms with Crippen LogP contribution in [0, 0.1) is 10.1 Å². The maximum absolute atomic E-state index is 12.3. The van der Waals surface area contributed by atoms with Crippen LogP contribution in [0.4, 0.5) is 5.69 Å². The normalized spacial score (nSPS) is 12.5. The Morgan fingerprint density at radius 2 is 1.67 bits per heavy atom. The smallest absolute Gasteiger partial charge is 0.269 e. The molecule has 5 nitrogen and oxygen atoms in total. The molecule has 2 rings (SSSR count). The summed E-state index contributed by atoms with van der Waals surface area (Å²) in [5, 5.41) is 12.4. The van der Waals surface area contributed by atoms with E-state index in [0.29, 0.717) is 0 Å². The molecule has 24 heavy (non-hydrogen) atoms. The van der Waals surface area contributed by atoms with Crippen molar-refractivity contribution in [3.8, 4) is 0 Å². The van der Waals surface area contributed by atoms with Crippen LogP contribution in [0.2, 0.25) is 0 Å². The Morgan fingerprint density at radius 1 is 1.08 bits per heavy atom. The zero-order chi connectivity index (χ0) is 17.7. The van der Waals surface area contributed by atoms with Crippen molar-refractivity contribution >= 4 is 58.2 Å². The molecule has 9 heteroatoms. The zero-order valence-electron chi connectivity index (χ0n) is 12.0. The molecule has 0 aliphatic rings. The summed E-state index contributed by atoms with van der Waals surface area (Å²) in [5.74, 6) is -0.496. The van der Waals surface area contributed by atoms with Crippen LogP contribution in [0.5, 0.6) is 0 Å². The molecule has 0 saturated carbocycles. The molecule has 0 saturated heterocycles. The topological polar surface area (TPSA) is 72.2 Å². The molecule has 0 aliphatic carbocycles. The van der Waals surface area contributed by atoms with Gasteiger partial charge in [-0.2, -0.15) is 0 Å². The molecule has 0 aliphatic heterocycles. The number of nitrogens with zero attached hydrogens (tertiary/aromatic N) is 1. The second-order valence-electron chi connectivity index (χ2n) is 4.63. The summed E-state index contributed by atoms with van der Waals surface area (Å²) in [5.41, 5.74) is 0.122. The first-order valence-corrected chi connectivity index (χ1v) is 8.62. The number of benzene rings is 2. The Hall–Kier alpha value is -1.47. The van der Waals surface area contributed by atoms with Crippen molar-refractivity contribution < 1.29 is 9.72 Å². The van der Waals surface area contributed by atoms with Gasteiger partial charge in [0.2, 0.25) is 3.79 Å². The second-order valence-corrected chi connectivity index (χ2v) is 8.18. The number of carbonyl (C=O) groups excluding carboxylic acids is 1. The lowest BCUT2D eigenvalue weighted by molar-refractivity contribution is -0.384. The standard InChI is InChI=1S/C15H11Cl3N2O3S/c16-15(17,18)14(24-12-4-2-1-3-5-12)19-13(21)10-6-8-11(9-7-10)20(22)23/h1-9,14H,(H,19,21). The summed E-state index contributed by atoms with van der Waals surface area (Å²) in [6.45, 7) is 0. The molecule has 1 amide bonds. The molecule has 2 aromatic carbocycles. The van der Waals surface area contributed by atoms with E-state index in [1.54, 1.807) is 0 Å². The molecular formula is C15H11Cl3N2O3S. The maximum Gasteiger partial charge on any atom is 0.269 e. The van der Waals surface area contributed by atoms with Crippen LogP contribution >= 0.6 is 46.6 Å². The third-order valence-electron chi connectivity index (χ3n) is 2.90. The number of rotatable bonds is 5. The highest BCUT2D eigenvalue weighted by atomic mass is 35.6. The van der Waals surface area contributed by atoms with E-state index in [1.165, 1.54) is 36.0 Å². The number of alkyl halides is 3. The van der Waals surface area contributed by atoms with E-state index in [1.807, 2.05) is 30.3 Å². The third-order valence-corrected chi connectivity index (χ3v) is 5.19. The van der Waals surface area contributed by atoms with E-state index in [-0.39, 0.29) is 11.3 Å². The van der Waals surface area contributed by atoms with E-state index in [4.69, 9.17) is 34.8 Å². The van der Waals surface area contributed by atoms with Gasteiger partial charge in [0.25, 0.3) is 11.6 Å². The van der Waals surface area contributed by atoms with Crippen LogP contribution in [0.15, 0.2) is 59.5 Å². The van der Waals surface area contributed by atoms with Gasteiger partial charge in [0, 0.05) is 22.6 Å². The zero-order valence-corrected chi connectivity index (χ0v) is 15.1. The first-order chi connectivity index (χ1) is 11.3. The van der Waals surface area contributed by atoms with Gasteiger partial charge in [0.15, 0.2) is 0 Å². The largest absolute Gasteiger partial charge is 0.336 e. The Labute approximate surface area is 157 Å². The van der Waals surface area contributed by atoms with Crippen LogP contribution in [-0.2, 0) is 0 Å². The average molecular weight is 406 g/mol. The molecule has 1 atom stereocenters. The minimum atomic E-state index is -1.74. The molecule has 0 spiro atoms. The third kappa shape index (κ3) is 5.27. The summed E-state index contributed by atoms with van der Waals surface area (Å²) < 4.78 is -1.74. The van der Waals surface area contributed by atoms with Crippen molar-refractivity contribution in [2.75, 3.05) is 0 Å². The van der Waals surface area contributed by atoms with Crippen molar-refractivity contribution in [3.05, 3.63) is 70.3 Å². The first kappa shape index (κ1) is 18.9. The SMILES string of the molecule is O=C(NC(Sc1ccccc1)C(Cl)(Cl)Cl)c1ccc([N+](=O)[O-])cc1. The molecule has 0 radical (unpaired) electrons. The number of amides is 1. The van der Waals surface area contributed by atoms with Gasteiger partial charge in [-0.05, 0) is 24.3 Å². The fourth-order valence-corrected chi connectivity index (χ4v) is 3.20. The summed E-state index contributed by atoms with van der Waals surface area (Å²) in [7, 11) is 0. The molecule has 0 heterocycles. The van der Waals surface area contributed by atoms with Crippen molar-refractivity contribution in [3.63, 3.8) is 0 Å². The van der Waals surface area contributed by atoms with Gasteiger partial charge < -0.3 is 5.32 Å². The Morgan fingerprint density at radius 3 is 2.17 bits per heavy atom. The Bertz CT molecular complexity index is 721. The quantitative estimate of drug-likeness (QED) is 0.255. The number of non-ortho nitro benzene ring substituents is 1. The number of thioether (sulfide) groups is 1. The number of hydrogen-bond acceptors (Lipinski definition) is 4. The molecule has 0 fully saturated rings. The van der Waals surface area contributed by atoms with Crippen LogP contribution in [0.1, 0.15) is 10.4 Å².